The van der Waals surface area contributed by atoms with Gasteiger partial charge in [0.15, 0.2) is 0 Å². The van der Waals surface area contributed by atoms with Crippen molar-refractivity contribution in [2.75, 3.05) is 11.9 Å². The molecule has 2 aromatic carbocycles. The van der Waals surface area contributed by atoms with Crippen LogP contribution in [0.3, 0.4) is 0 Å². The summed E-state index contributed by atoms with van der Waals surface area (Å²) in [5.41, 5.74) is 1.80. The largest absolute Gasteiger partial charge is 0.466 e. The van der Waals surface area contributed by atoms with Gasteiger partial charge in [0.2, 0.25) is 11.8 Å². The second-order valence-electron chi connectivity index (χ2n) is 8.55. The lowest BCUT2D eigenvalue weighted by molar-refractivity contribution is -0.147. The highest BCUT2D eigenvalue weighted by atomic mass is 35.5. The molecule has 3 unspecified atom stereocenters. The topological polar surface area (TPSA) is 55.4 Å². The SMILES string of the molecule is CCOC(=O)C(C)Cc1ccc(Cl)c(NC(=O)C(c2ccc(Cl)cc2)C2CCC(F)(F)C2)c1. The number of ether oxygens (including phenoxy) is 1. The number of nitrogens with one attached hydrogen (secondary N) is 1. The molecular formula is C25H27Cl2F2NO3. The van der Waals surface area contributed by atoms with Crippen LogP contribution in [0, 0.1) is 11.8 Å². The number of amides is 1. The molecular weight excluding hydrogens is 471 g/mol. The molecule has 3 atom stereocenters. The zero-order chi connectivity index (χ0) is 24.2. The fourth-order valence-corrected chi connectivity index (χ4v) is 4.59. The van der Waals surface area contributed by atoms with Gasteiger partial charge in [-0.2, -0.15) is 0 Å². The summed E-state index contributed by atoms with van der Waals surface area (Å²) in [5.74, 6) is -5.13. The Morgan fingerprint density at radius 1 is 1.18 bits per heavy atom. The molecule has 33 heavy (non-hydrogen) atoms. The predicted octanol–water partition coefficient (Wildman–Crippen LogP) is 6.89. The Balaban J connectivity index is 1.83. The number of carbonyl (C=O) groups is 2. The summed E-state index contributed by atoms with van der Waals surface area (Å²) in [4.78, 5) is 25.3. The zero-order valence-corrected chi connectivity index (χ0v) is 20.1. The minimum absolute atomic E-state index is 0.239. The van der Waals surface area contributed by atoms with Gasteiger partial charge in [-0.1, -0.05) is 48.3 Å². The lowest BCUT2D eigenvalue weighted by atomic mass is 9.84. The van der Waals surface area contributed by atoms with E-state index in [2.05, 4.69) is 5.32 Å². The van der Waals surface area contributed by atoms with Crippen molar-refractivity contribution in [3.8, 4) is 0 Å². The van der Waals surface area contributed by atoms with E-state index in [-0.39, 0.29) is 31.1 Å². The summed E-state index contributed by atoms with van der Waals surface area (Å²) in [5, 5.41) is 3.65. The molecule has 1 fully saturated rings. The molecule has 0 aromatic heterocycles. The maximum absolute atomic E-state index is 14.0. The van der Waals surface area contributed by atoms with Crippen molar-refractivity contribution < 1.29 is 23.1 Å². The number of benzene rings is 2. The molecule has 2 aromatic rings. The van der Waals surface area contributed by atoms with Gasteiger partial charge >= 0.3 is 5.97 Å². The number of esters is 1. The molecule has 1 amide bonds. The van der Waals surface area contributed by atoms with E-state index in [4.69, 9.17) is 27.9 Å². The Kier molecular flexibility index (Phi) is 8.35. The number of carbonyl (C=O) groups excluding carboxylic acids is 2. The van der Waals surface area contributed by atoms with E-state index in [9.17, 15) is 18.4 Å². The summed E-state index contributed by atoms with van der Waals surface area (Å²) in [7, 11) is 0. The maximum Gasteiger partial charge on any atom is 0.308 e. The van der Waals surface area contributed by atoms with Crippen LogP contribution >= 0.6 is 23.2 Å². The third-order valence-electron chi connectivity index (χ3n) is 5.94. The van der Waals surface area contributed by atoms with Crippen LogP contribution in [0.2, 0.25) is 10.0 Å². The zero-order valence-electron chi connectivity index (χ0n) is 18.5. The number of hydrogen-bond acceptors (Lipinski definition) is 3. The Morgan fingerprint density at radius 2 is 1.88 bits per heavy atom. The highest BCUT2D eigenvalue weighted by Crippen LogP contribution is 2.46. The van der Waals surface area contributed by atoms with Gasteiger partial charge in [-0.05, 0) is 61.1 Å². The Labute approximate surface area is 202 Å². The first-order chi connectivity index (χ1) is 15.6. The van der Waals surface area contributed by atoms with E-state index in [1.165, 1.54) is 0 Å². The van der Waals surface area contributed by atoms with Crippen molar-refractivity contribution in [3.63, 3.8) is 0 Å². The number of rotatable bonds is 8. The van der Waals surface area contributed by atoms with Crippen LogP contribution in [0.5, 0.6) is 0 Å². The summed E-state index contributed by atoms with van der Waals surface area (Å²) in [6, 6.07) is 11.8. The molecule has 1 saturated carbocycles. The monoisotopic (exact) mass is 497 g/mol. The van der Waals surface area contributed by atoms with Gasteiger partial charge in [0.05, 0.1) is 29.2 Å². The molecule has 0 bridgehead atoms. The molecule has 0 aliphatic heterocycles. The standard InChI is InChI=1S/C25H27Cl2F2NO3/c1-3-33-24(32)15(2)12-16-4-9-20(27)21(13-16)30-23(31)22(17-5-7-19(26)8-6-17)18-10-11-25(28,29)14-18/h4-9,13,15,18,22H,3,10-12,14H2,1-2H3,(H,30,31). The third kappa shape index (κ3) is 6.67. The smallest absolute Gasteiger partial charge is 0.308 e. The van der Waals surface area contributed by atoms with Crippen LogP contribution < -0.4 is 5.32 Å². The van der Waals surface area contributed by atoms with E-state index < -0.39 is 23.7 Å². The number of halogens is 4. The Hall–Kier alpha value is -2.18. The quantitative estimate of drug-likeness (QED) is 0.403. The normalized spacial score (nSPS) is 19.0. The highest BCUT2D eigenvalue weighted by molar-refractivity contribution is 6.33. The molecule has 0 heterocycles. The molecule has 1 N–H and O–H groups in total. The minimum atomic E-state index is -2.78. The van der Waals surface area contributed by atoms with Crippen molar-refractivity contribution >= 4 is 40.8 Å². The average Bonchev–Trinajstić information content (AvgIpc) is 3.11. The van der Waals surface area contributed by atoms with Crippen LogP contribution in [0.25, 0.3) is 0 Å². The third-order valence-corrected chi connectivity index (χ3v) is 6.53. The molecule has 0 saturated heterocycles. The molecule has 0 spiro atoms. The first-order valence-electron chi connectivity index (χ1n) is 11.0. The van der Waals surface area contributed by atoms with Gasteiger partial charge in [0.25, 0.3) is 0 Å². The Bertz CT molecular complexity index is 998. The summed E-state index contributed by atoms with van der Waals surface area (Å²) >= 11 is 12.3. The number of alkyl halides is 2. The van der Waals surface area contributed by atoms with E-state index in [0.717, 1.165) is 5.56 Å². The molecule has 0 radical (unpaired) electrons. The highest BCUT2D eigenvalue weighted by Gasteiger charge is 2.45. The first-order valence-corrected chi connectivity index (χ1v) is 11.7. The molecule has 8 heteroatoms. The van der Waals surface area contributed by atoms with Gasteiger partial charge in [-0.3, -0.25) is 9.59 Å². The predicted molar refractivity (Wildman–Crippen MR) is 126 cm³/mol. The number of hydrogen-bond donors (Lipinski definition) is 1. The van der Waals surface area contributed by atoms with E-state index in [0.29, 0.717) is 34.3 Å². The second kappa shape index (κ2) is 10.8. The first kappa shape index (κ1) is 25.4. The number of anilines is 1. The van der Waals surface area contributed by atoms with Crippen molar-refractivity contribution in [3.05, 3.63) is 63.6 Å². The van der Waals surface area contributed by atoms with Gasteiger partial charge in [-0.25, -0.2) is 8.78 Å². The fraction of sp³-hybridized carbons (Fsp3) is 0.440. The molecule has 3 rings (SSSR count). The van der Waals surface area contributed by atoms with Gasteiger partial charge in [0, 0.05) is 17.9 Å². The van der Waals surface area contributed by atoms with E-state index in [1.807, 2.05) is 0 Å². The lowest BCUT2D eigenvalue weighted by Gasteiger charge is -2.24. The summed E-state index contributed by atoms with van der Waals surface area (Å²) < 4.78 is 33.0. The molecule has 178 valence electrons. The second-order valence-corrected chi connectivity index (χ2v) is 9.39. The summed E-state index contributed by atoms with van der Waals surface area (Å²) in [6.07, 6.45) is 0.0719. The van der Waals surface area contributed by atoms with Crippen LogP contribution in [0.1, 0.15) is 50.2 Å². The average molecular weight is 498 g/mol. The van der Waals surface area contributed by atoms with Crippen LogP contribution in [0.15, 0.2) is 42.5 Å². The maximum atomic E-state index is 14.0. The van der Waals surface area contributed by atoms with Gasteiger partial charge in [-0.15, -0.1) is 0 Å². The van der Waals surface area contributed by atoms with Crippen molar-refractivity contribution in [2.45, 2.75) is 51.4 Å². The fourth-order valence-electron chi connectivity index (χ4n) is 4.30. The molecule has 1 aliphatic rings. The molecule has 1 aliphatic carbocycles. The van der Waals surface area contributed by atoms with Crippen molar-refractivity contribution in [2.24, 2.45) is 11.8 Å². The minimum Gasteiger partial charge on any atom is -0.466 e. The molecule has 4 nitrogen and oxygen atoms in total. The van der Waals surface area contributed by atoms with E-state index >= 15 is 0 Å². The van der Waals surface area contributed by atoms with E-state index in [1.54, 1.807) is 56.3 Å². The van der Waals surface area contributed by atoms with Crippen LogP contribution in [-0.4, -0.2) is 24.4 Å². The van der Waals surface area contributed by atoms with Gasteiger partial charge in [0.1, 0.15) is 0 Å². The van der Waals surface area contributed by atoms with Crippen LogP contribution in [0.4, 0.5) is 14.5 Å². The Morgan fingerprint density at radius 3 is 2.48 bits per heavy atom. The summed E-state index contributed by atoms with van der Waals surface area (Å²) in [6.45, 7) is 3.82. The van der Waals surface area contributed by atoms with Crippen molar-refractivity contribution in [1.29, 1.82) is 0 Å². The lowest BCUT2D eigenvalue weighted by Crippen LogP contribution is -2.27. The van der Waals surface area contributed by atoms with Crippen molar-refractivity contribution in [1.82, 2.24) is 0 Å². The van der Waals surface area contributed by atoms with Crippen LogP contribution in [-0.2, 0) is 20.7 Å². The van der Waals surface area contributed by atoms with Gasteiger partial charge < -0.3 is 10.1 Å².